The minimum absolute atomic E-state index is 0. The van der Waals surface area contributed by atoms with E-state index in [0.717, 1.165) is 25.7 Å². The zero-order chi connectivity index (χ0) is 13.8. The van der Waals surface area contributed by atoms with E-state index in [1.807, 2.05) is 6.07 Å². The van der Waals surface area contributed by atoms with E-state index >= 15 is 0 Å². The highest BCUT2D eigenvalue weighted by molar-refractivity contribution is 5.85. The van der Waals surface area contributed by atoms with Crippen LogP contribution in [0.1, 0.15) is 32.1 Å². The minimum Gasteiger partial charge on any atom is -0.381 e. The maximum absolute atomic E-state index is 13.3. The Bertz CT molecular complexity index is 371. The van der Waals surface area contributed by atoms with Crippen LogP contribution in [0.25, 0.3) is 0 Å². The number of nitrogens with zero attached hydrogens (tertiary/aromatic N) is 3. The number of carbonyl (C=O) groups excluding carboxylic acids is 1. The van der Waals surface area contributed by atoms with E-state index in [9.17, 15) is 14.3 Å². The van der Waals surface area contributed by atoms with E-state index in [-0.39, 0.29) is 50.6 Å². The van der Waals surface area contributed by atoms with Gasteiger partial charge in [0.2, 0.25) is 5.91 Å². The van der Waals surface area contributed by atoms with Gasteiger partial charge in [0.05, 0.1) is 25.9 Å². The summed E-state index contributed by atoms with van der Waals surface area (Å²) in [7, 11) is 0. The van der Waals surface area contributed by atoms with Gasteiger partial charge in [-0.1, -0.05) is 12.8 Å². The number of aliphatic hydroxyl groups is 1. The molecule has 2 fully saturated rings. The third-order valence-electron chi connectivity index (χ3n) is 4.08. The largest absolute Gasteiger partial charge is 0.381 e. The average Bonchev–Trinajstić information content (AvgIpc) is 3.04. The van der Waals surface area contributed by atoms with Gasteiger partial charge < -0.3 is 10.0 Å². The number of rotatable bonds is 4. The van der Waals surface area contributed by atoms with Crippen molar-refractivity contribution >= 4 is 18.3 Å². The van der Waals surface area contributed by atoms with Crippen molar-refractivity contribution in [3.63, 3.8) is 0 Å². The van der Waals surface area contributed by atoms with Crippen molar-refractivity contribution in [3.05, 3.63) is 0 Å². The molecule has 2 rings (SSSR count). The number of hydrogen-bond donors (Lipinski definition) is 1. The number of halogens is 2. The Balaban J connectivity index is 0.00000200. The topological polar surface area (TPSA) is 67.6 Å². The quantitative estimate of drug-likeness (QED) is 0.789. The first-order chi connectivity index (χ1) is 9.15. The van der Waals surface area contributed by atoms with Gasteiger partial charge in [-0.3, -0.25) is 9.69 Å². The van der Waals surface area contributed by atoms with Crippen molar-refractivity contribution in [2.45, 2.75) is 50.4 Å². The fourth-order valence-electron chi connectivity index (χ4n) is 3.01. The SMILES string of the molecule is Cl.N#C[C@@H]1C[C@H](F)CN1C(=O)CN(CO)C1CCCC1. The summed E-state index contributed by atoms with van der Waals surface area (Å²) in [4.78, 5) is 15.2. The molecule has 0 radical (unpaired) electrons. The van der Waals surface area contributed by atoms with Crippen LogP contribution in [0.5, 0.6) is 0 Å². The first-order valence-corrected chi connectivity index (χ1v) is 6.83. The second-order valence-corrected chi connectivity index (χ2v) is 5.35. The fraction of sp³-hybridized carbons (Fsp3) is 0.846. The van der Waals surface area contributed by atoms with E-state index < -0.39 is 12.2 Å². The molecule has 1 heterocycles. The Hall–Kier alpha value is -0.900. The fourth-order valence-corrected chi connectivity index (χ4v) is 3.01. The summed E-state index contributed by atoms with van der Waals surface area (Å²) in [6.07, 6.45) is 3.20. The van der Waals surface area contributed by atoms with Gasteiger partial charge in [-0.15, -0.1) is 12.4 Å². The Morgan fingerprint density at radius 2 is 2.10 bits per heavy atom. The van der Waals surface area contributed by atoms with Gasteiger partial charge in [-0.25, -0.2) is 4.39 Å². The van der Waals surface area contributed by atoms with Gasteiger partial charge in [0.15, 0.2) is 0 Å². The van der Waals surface area contributed by atoms with Crippen LogP contribution in [-0.2, 0) is 4.79 Å². The van der Waals surface area contributed by atoms with Gasteiger partial charge in [-0.2, -0.15) is 5.26 Å². The first kappa shape index (κ1) is 17.2. The lowest BCUT2D eigenvalue weighted by Gasteiger charge is -2.28. The van der Waals surface area contributed by atoms with Crippen LogP contribution in [0, 0.1) is 11.3 Å². The zero-order valence-electron chi connectivity index (χ0n) is 11.4. The second-order valence-electron chi connectivity index (χ2n) is 5.35. The van der Waals surface area contributed by atoms with Crippen molar-refractivity contribution in [1.29, 1.82) is 5.26 Å². The maximum Gasteiger partial charge on any atom is 0.238 e. The molecule has 2 atom stereocenters. The molecule has 0 bridgehead atoms. The summed E-state index contributed by atoms with van der Waals surface area (Å²) in [5.74, 6) is -0.257. The molecule has 1 saturated heterocycles. The summed E-state index contributed by atoms with van der Waals surface area (Å²) in [6.45, 7) is -0.0897. The summed E-state index contributed by atoms with van der Waals surface area (Å²) in [6, 6.07) is 1.54. The van der Waals surface area contributed by atoms with Crippen LogP contribution in [0.4, 0.5) is 4.39 Å². The molecular formula is C13H21ClFN3O2. The molecule has 0 aromatic rings. The van der Waals surface area contributed by atoms with Crippen molar-refractivity contribution in [3.8, 4) is 6.07 Å². The Morgan fingerprint density at radius 3 is 2.65 bits per heavy atom. The Kier molecular flexibility index (Phi) is 6.66. The lowest BCUT2D eigenvalue weighted by atomic mass is 10.2. The predicted molar refractivity (Wildman–Crippen MR) is 73.9 cm³/mol. The summed E-state index contributed by atoms with van der Waals surface area (Å²) in [5.41, 5.74) is 0. The molecule has 1 aliphatic carbocycles. The molecule has 0 aromatic heterocycles. The molecule has 1 amide bonds. The highest BCUT2D eigenvalue weighted by Crippen LogP contribution is 2.24. The number of aliphatic hydroxyl groups excluding tert-OH is 1. The van der Waals surface area contributed by atoms with Crippen LogP contribution in [0.15, 0.2) is 0 Å². The van der Waals surface area contributed by atoms with Gasteiger partial charge in [0, 0.05) is 12.5 Å². The molecule has 114 valence electrons. The number of amides is 1. The second kappa shape index (κ2) is 7.77. The first-order valence-electron chi connectivity index (χ1n) is 6.83. The third-order valence-corrected chi connectivity index (χ3v) is 4.08. The standard InChI is InChI=1S/C13H20FN3O2.ClH/c14-10-5-12(6-15)17(7-10)13(19)8-16(9-18)11-3-1-2-4-11;/h10-12,18H,1-5,7-9H2;1H/t10-,12-;/m0./s1. The lowest BCUT2D eigenvalue weighted by molar-refractivity contribution is -0.134. The third kappa shape index (κ3) is 3.81. The van der Waals surface area contributed by atoms with E-state index in [1.165, 1.54) is 4.90 Å². The van der Waals surface area contributed by atoms with E-state index in [1.54, 1.807) is 4.90 Å². The van der Waals surface area contributed by atoms with Crippen molar-refractivity contribution in [2.75, 3.05) is 19.8 Å². The normalized spacial score (nSPS) is 26.6. The van der Waals surface area contributed by atoms with E-state index in [0.29, 0.717) is 0 Å². The molecule has 20 heavy (non-hydrogen) atoms. The van der Waals surface area contributed by atoms with Crippen LogP contribution in [0.3, 0.4) is 0 Å². The lowest BCUT2D eigenvalue weighted by Crippen LogP contribution is -2.45. The molecule has 1 aliphatic heterocycles. The van der Waals surface area contributed by atoms with Gasteiger partial charge in [0.25, 0.3) is 0 Å². The number of nitriles is 1. The molecule has 1 N–H and O–H groups in total. The van der Waals surface area contributed by atoms with Crippen molar-refractivity contribution < 1.29 is 14.3 Å². The van der Waals surface area contributed by atoms with Crippen LogP contribution >= 0.6 is 12.4 Å². The van der Waals surface area contributed by atoms with Gasteiger partial charge in [0.1, 0.15) is 12.2 Å². The molecular weight excluding hydrogens is 285 g/mol. The number of likely N-dealkylation sites (tertiary alicyclic amines) is 1. The smallest absolute Gasteiger partial charge is 0.238 e. The number of alkyl halides is 1. The van der Waals surface area contributed by atoms with Crippen LogP contribution in [-0.4, -0.2) is 58.9 Å². The minimum atomic E-state index is -1.11. The van der Waals surface area contributed by atoms with Crippen molar-refractivity contribution in [1.82, 2.24) is 9.80 Å². The summed E-state index contributed by atoms with van der Waals surface area (Å²) in [5, 5.41) is 18.3. The molecule has 1 saturated carbocycles. The zero-order valence-corrected chi connectivity index (χ0v) is 12.2. The molecule has 2 aliphatic rings. The monoisotopic (exact) mass is 305 g/mol. The van der Waals surface area contributed by atoms with E-state index in [4.69, 9.17) is 5.26 Å². The molecule has 0 unspecified atom stereocenters. The highest BCUT2D eigenvalue weighted by Gasteiger charge is 2.36. The molecule has 5 nitrogen and oxygen atoms in total. The molecule has 0 spiro atoms. The highest BCUT2D eigenvalue weighted by atomic mass is 35.5. The van der Waals surface area contributed by atoms with Crippen molar-refractivity contribution in [2.24, 2.45) is 0 Å². The summed E-state index contributed by atoms with van der Waals surface area (Å²) < 4.78 is 13.3. The Morgan fingerprint density at radius 1 is 1.45 bits per heavy atom. The average molecular weight is 306 g/mol. The van der Waals surface area contributed by atoms with Gasteiger partial charge >= 0.3 is 0 Å². The molecule has 7 heteroatoms. The summed E-state index contributed by atoms with van der Waals surface area (Å²) >= 11 is 0. The Labute approximate surface area is 124 Å². The number of carbonyl (C=O) groups is 1. The molecule has 0 aromatic carbocycles. The number of hydrogen-bond acceptors (Lipinski definition) is 4. The maximum atomic E-state index is 13.3. The predicted octanol–water partition coefficient (Wildman–Crippen LogP) is 1.07. The van der Waals surface area contributed by atoms with Gasteiger partial charge in [-0.05, 0) is 12.8 Å². The van der Waals surface area contributed by atoms with Crippen LogP contribution in [0.2, 0.25) is 0 Å². The van der Waals surface area contributed by atoms with E-state index in [2.05, 4.69) is 0 Å². The van der Waals surface area contributed by atoms with Crippen LogP contribution < -0.4 is 0 Å².